The summed E-state index contributed by atoms with van der Waals surface area (Å²) in [7, 11) is 1.30. The topological polar surface area (TPSA) is 50.7 Å². The second kappa shape index (κ2) is 4.76. The van der Waals surface area contributed by atoms with Gasteiger partial charge in [0.05, 0.1) is 17.7 Å². The first-order chi connectivity index (χ1) is 6.65. The van der Waals surface area contributed by atoms with Crippen LogP contribution in [0.2, 0.25) is 0 Å². The Bertz CT molecular complexity index is 357. The number of carbonyl (C=O) groups excluding carboxylic acids is 1. The second-order valence-electron chi connectivity index (χ2n) is 2.73. The fraction of sp³-hybridized carbons (Fsp3) is 0.333. The molecule has 1 rings (SSSR count). The fourth-order valence-corrected chi connectivity index (χ4v) is 1.85. The summed E-state index contributed by atoms with van der Waals surface area (Å²) >= 11 is 1.59. The second-order valence-corrected chi connectivity index (χ2v) is 3.65. The van der Waals surface area contributed by atoms with Crippen molar-refractivity contribution in [2.24, 2.45) is 5.10 Å². The summed E-state index contributed by atoms with van der Waals surface area (Å²) < 4.78 is 4.39. The first kappa shape index (κ1) is 10.7. The van der Waals surface area contributed by atoms with Gasteiger partial charge in [0.2, 0.25) is 0 Å². The molecule has 4 nitrogen and oxygen atoms in total. The number of nitrogens with one attached hydrogen (secondary N) is 1. The van der Waals surface area contributed by atoms with E-state index in [0.717, 1.165) is 16.2 Å². The minimum Gasteiger partial charge on any atom is -0.452 e. The number of methoxy groups -OCH3 is 1. The Morgan fingerprint density at radius 3 is 2.86 bits per heavy atom. The van der Waals surface area contributed by atoms with Gasteiger partial charge in [-0.2, -0.15) is 5.10 Å². The van der Waals surface area contributed by atoms with E-state index >= 15 is 0 Å². The van der Waals surface area contributed by atoms with Crippen molar-refractivity contribution in [3.8, 4) is 0 Å². The molecule has 0 unspecified atom stereocenters. The molecule has 1 aromatic heterocycles. The van der Waals surface area contributed by atoms with Crippen molar-refractivity contribution < 1.29 is 9.53 Å². The number of hydrogen-bond donors (Lipinski definition) is 1. The molecule has 0 aliphatic heterocycles. The van der Waals surface area contributed by atoms with Gasteiger partial charge >= 0.3 is 6.09 Å². The van der Waals surface area contributed by atoms with Crippen LogP contribution >= 0.6 is 11.3 Å². The molecule has 0 fully saturated rings. The SMILES string of the molecule is COC(=O)NN=C(C)c1sccc1C. The largest absolute Gasteiger partial charge is 0.452 e. The maximum Gasteiger partial charge on any atom is 0.427 e. The first-order valence-corrected chi connectivity index (χ1v) is 4.96. The van der Waals surface area contributed by atoms with Crippen LogP contribution in [0.1, 0.15) is 17.4 Å². The van der Waals surface area contributed by atoms with Crippen molar-refractivity contribution in [2.75, 3.05) is 7.11 Å². The highest BCUT2D eigenvalue weighted by Gasteiger charge is 2.03. The van der Waals surface area contributed by atoms with Crippen molar-refractivity contribution in [1.29, 1.82) is 0 Å². The molecule has 0 saturated carbocycles. The summed E-state index contributed by atoms with van der Waals surface area (Å²) in [5.74, 6) is 0. The highest BCUT2D eigenvalue weighted by Crippen LogP contribution is 2.16. The van der Waals surface area contributed by atoms with Gasteiger partial charge in [-0.05, 0) is 30.9 Å². The Morgan fingerprint density at radius 2 is 2.36 bits per heavy atom. The molecule has 76 valence electrons. The molecule has 0 spiro atoms. The smallest absolute Gasteiger partial charge is 0.427 e. The molecule has 5 heteroatoms. The third-order valence-corrected chi connectivity index (χ3v) is 2.82. The van der Waals surface area contributed by atoms with E-state index in [0.29, 0.717) is 0 Å². The van der Waals surface area contributed by atoms with Gasteiger partial charge in [0.1, 0.15) is 0 Å². The quantitative estimate of drug-likeness (QED) is 0.603. The van der Waals surface area contributed by atoms with E-state index < -0.39 is 6.09 Å². The lowest BCUT2D eigenvalue weighted by atomic mass is 10.2. The summed E-state index contributed by atoms with van der Waals surface area (Å²) in [6.45, 7) is 3.85. The van der Waals surface area contributed by atoms with E-state index in [1.54, 1.807) is 11.3 Å². The number of rotatable bonds is 2. The van der Waals surface area contributed by atoms with Crippen LogP contribution in [-0.4, -0.2) is 18.9 Å². The van der Waals surface area contributed by atoms with Crippen LogP contribution in [0.25, 0.3) is 0 Å². The zero-order valence-electron chi connectivity index (χ0n) is 8.33. The highest BCUT2D eigenvalue weighted by atomic mass is 32.1. The van der Waals surface area contributed by atoms with E-state index in [1.165, 1.54) is 7.11 Å². The Labute approximate surface area is 86.6 Å². The molecule has 0 saturated heterocycles. The number of hydrogen-bond acceptors (Lipinski definition) is 4. The third-order valence-electron chi connectivity index (χ3n) is 1.69. The first-order valence-electron chi connectivity index (χ1n) is 4.08. The molecule has 1 aromatic rings. The molecule has 14 heavy (non-hydrogen) atoms. The number of aryl methyl sites for hydroxylation is 1. The average Bonchev–Trinajstić information content (AvgIpc) is 2.60. The number of nitrogens with zero attached hydrogens (tertiary/aromatic N) is 1. The maximum absolute atomic E-state index is 10.7. The molecule has 1 heterocycles. The molecule has 1 N–H and O–H groups in total. The van der Waals surface area contributed by atoms with Crippen molar-refractivity contribution in [2.45, 2.75) is 13.8 Å². The summed E-state index contributed by atoms with van der Waals surface area (Å²) in [4.78, 5) is 11.8. The summed E-state index contributed by atoms with van der Waals surface area (Å²) in [6.07, 6.45) is -0.557. The maximum atomic E-state index is 10.7. The van der Waals surface area contributed by atoms with E-state index in [4.69, 9.17) is 0 Å². The molecule has 0 atom stereocenters. The zero-order valence-corrected chi connectivity index (χ0v) is 9.14. The third kappa shape index (κ3) is 2.56. The van der Waals surface area contributed by atoms with Crippen LogP contribution in [0.15, 0.2) is 16.5 Å². The predicted octanol–water partition coefficient (Wildman–Crippen LogP) is 2.14. The lowest BCUT2D eigenvalue weighted by Crippen LogP contribution is -2.18. The van der Waals surface area contributed by atoms with Gasteiger partial charge in [-0.15, -0.1) is 11.3 Å². The van der Waals surface area contributed by atoms with Gasteiger partial charge in [0.25, 0.3) is 0 Å². The van der Waals surface area contributed by atoms with Crippen molar-refractivity contribution >= 4 is 23.1 Å². The lowest BCUT2D eigenvalue weighted by Gasteiger charge is -2.00. The molecule has 0 bridgehead atoms. The fourth-order valence-electron chi connectivity index (χ4n) is 0.969. The van der Waals surface area contributed by atoms with Gasteiger partial charge in [-0.1, -0.05) is 0 Å². The molecular formula is C9H12N2O2S. The highest BCUT2D eigenvalue weighted by molar-refractivity contribution is 7.12. The Morgan fingerprint density at radius 1 is 1.64 bits per heavy atom. The molecule has 0 aromatic carbocycles. The van der Waals surface area contributed by atoms with E-state index in [2.05, 4.69) is 15.3 Å². The summed E-state index contributed by atoms with van der Waals surface area (Å²) in [5, 5.41) is 5.89. The van der Waals surface area contributed by atoms with Crippen molar-refractivity contribution in [1.82, 2.24) is 5.43 Å². The average molecular weight is 212 g/mol. The van der Waals surface area contributed by atoms with Crippen molar-refractivity contribution in [3.05, 3.63) is 21.9 Å². The molecule has 0 aliphatic rings. The van der Waals surface area contributed by atoms with Crippen LogP contribution in [0, 0.1) is 6.92 Å². The van der Waals surface area contributed by atoms with E-state index in [-0.39, 0.29) is 0 Å². The predicted molar refractivity (Wildman–Crippen MR) is 56.8 cm³/mol. The summed E-state index contributed by atoms with van der Waals surface area (Å²) in [6, 6.07) is 2.01. The molecule has 0 aliphatic carbocycles. The number of carbonyl (C=O) groups is 1. The van der Waals surface area contributed by atoms with Crippen LogP contribution in [-0.2, 0) is 4.74 Å². The van der Waals surface area contributed by atoms with Gasteiger partial charge in [-0.3, -0.25) is 0 Å². The number of ether oxygens (including phenoxy) is 1. The molecule has 0 radical (unpaired) electrons. The van der Waals surface area contributed by atoms with Gasteiger partial charge in [0.15, 0.2) is 0 Å². The number of hydrazone groups is 1. The lowest BCUT2D eigenvalue weighted by molar-refractivity contribution is 0.171. The van der Waals surface area contributed by atoms with Crippen LogP contribution in [0.5, 0.6) is 0 Å². The minimum absolute atomic E-state index is 0.557. The van der Waals surface area contributed by atoms with E-state index in [1.807, 2.05) is 25.3 Å². The minimum atomic E-state index is -0.557. The van der Waals surface area contributed by atoms with E-state index in [9.17, 15) is 4.79 Å². The molecule has 1 amide bonds. The standard InChI is InChI=1S/C9H12N2O2S/c1-6-4-5-14-8(6)7(2)10-11-9(12)13-3/h4-5H,1-3H3,(H,11,12). The van der Waals surface area contributed by atoms with Gasteiger partial charge in [-0.25, -0.2) is 10.2 Å². The van der Waals surface area contributed by atoms with Crippen LogP contribution in [0.3, 0.4) is 0 Å². The van der Waals surface area contributed by atoms with Crippen LogP contribution in [0.4, 0.5) is 4.79 Å². The Hall–Kier alpha value is -1.36. The number of amides is 1. The zero-order chi connectivity index (χ0) is 10.6. The molecular weight excluding hydrogens is 200 g/mol. The monoisotopic (exact) mass is 212 g/mol. The normalized spacial score (nSPS) is 11.2. The Balaban J connectivity index is 2.70. The van der Waals surface area contributed by atoms with Gasteiger partial charge in [0, 0.05) is 0 Å². The van der Waals surface area contributed by atoms with Crippen molar-refractivity contribution in [3.63, 3.8) is 0 Å². The summed E-state index contributed by atoms with van der Waals surface area (Å²) in [5.41, 5.74) is 4.22. The Kier molecular flexibility index (Phi) is 3.64. The number of thiophene rings is 1. The van der Waals surface area contributed by atoms with Gasteiger partial charge < -0.3 is 4.74 Å². The van der Waals surface area contributed by atoms with Crippen LogP contribution < -0.4 is 5.43 Å².